The van der Waals surface area contributed by atoms with Gasteiger partial charge in [-0.05, 0) is 22.6 Å². The molecule has 3 rings (SSSR count). The average Bonchev–Trinajstić information content (AvgIpc) is 2.59. The average molecular weight is 347 g/mol. The quantitative estimate of drug-likeness (QED) is 0.857. The molecule has 4 nitrogen and oxygen atoms in total. The zero-order chi connectivity index (χ0) is 19.1. The molecule has 0 radical (unpaired) electrons. The number of benzene rings is 2. The van der Waals surface area contributed by atoms with Crippen LogP contribution in [0, 0.1) is 22.7 Å². The Kier molecular flexibility index (Phi) is 4.50. The molecule has 0 fully saturated rings. The van der Waals surface area contributed by atoms with Gasteiger partial charge in [0, 0.05) is 37.3 Å². The van der Waals surface area contributed by atoms with E-state index in [1.807, 2.05) is 37.2 Å². The fourth-order valence-corrected chi connectivity index (χ4v) is 3.36. The van der Waals surface area contributed by atoms with Crippen LogP contribution < -0.4 is 9.64 Å². The molecule has 1 heterocycles. The number of ether oxygens (including phenoxy) is 1. The first-order chi connectivity index (χ1) is 12.2. The molecule has 4 heteroatoms. The van der Waals surface area contributed by atoms with Crippen molar-refractivity contribution in [3.63, 3.8) is 0 Å². The predicted octanol–water partition coefficient (Wildman–Crippen LogP) is 4.69. The summed E-state index contributed by atoms with van der Waals surface area (Å²) in [4.78, 5) is 2.00. The molecule has 1 aliphatic heterocycles. The Morgan fingerprint density at radius 1 is 1.08 bits per heavy atom. The second-order valence-corrected chi connectivity index (χ2v) is 8.04. The van der Waals surface area contributed by atoms with Gasteiger partial charge in [0.2, 0.25) is 5.90 Å². The first kappa shape index (κ1) is 18.0. The summed E-state index contributed by atoms with van der Waals surface area (Å²) in [6.45, 7) is 6.55. The van der Waals surface area contributed by atoms with Gasteiger partial charge >= 0.3 is 0 Å². The molecule has 134 valence electrons. The predicted molar refractivity (Wildman–Crippen MR) is 105 cm³/mol. The molecule has 2 aromatic carbocycles. The highest BCUT2D eigenvalue weighted by Crippen LogP contribution is 2.43. The van der Waals surface area contributed by atoms with Crippen LogP contribution in [0.25, 0.3) is 0 Å². The lowest BCUT2D eigenvalue weighted by Crippen LogP contribution is -2.31. The number of anilines is 1. The number of rotatable bonds is 2. The van der Waals surface area contributed by atoms with Crippen molar-refractivity contribution in [1.82, 2.24) is 0 Å². The van der Waals surface area contributed by atoms with Gasteiger partial charge in [-0.25, -0.2) is 0 Å². The number of nitrogens with zero attached hydrogens (tertiary/aromatic N) is 2. The highest BCUT2D eigenvalue weighted by molar-refractivity contribution is 5.85. The van der Waals surface area contributed by atoms with Crippen LogP contribution in [-0.2, 0) is 5.41 Å². The Morgan fingerprint density at radius 2 is 1.73 bits per heavy atom. The Bertz CT molecular complexity index is 870. The molecular weight excluding hydrogens is 322 g/mol. The number of nitrogens with one attached hydrogen (secondary N) is 1. The van der Waals surface area contributed by atoms with Crippen LogP contribution in [0.1, 0.15) is 43.4 Å². The molecule has 2 aromatic rings. The first-order valence-corrected chi connectivity index (χ1v) is 8.80. The number of hydrogen-bond acceptors (Lipinski definition) is 4. The summed E-state index contributed by atoms with van der Waals surface area (Å²) in [5.74, 6) is -0.131. The van der Waals surface area contributed by atoms with Crippen molar-refractivity contribution in [2.24, 2.45) is 5.92 Å². The van der Waals surface area contributed by atoms with Gasteiger partial charge in [-0.3, -0.25) is 5.41 Å². The second-order valence-electron chi connectivity index (χ2n) is 8.04. The maximum Gasteiger partial charge on any atom is 0.205 e. The van der Waals surface area contributed by atoms with Gasteiger partial charge in [0.15, 0.2) is 0 Å². The van der Waals surface area contributed by atoms with E-state index in [1.54, 1.807) is 0 Å². The largest absolute Gasteiger partial charge is 0.442 e. The maximum atomic E-state index is 9.67. The Labute approximate surface area is 155 Å². The highest BCUT2D eigenvalue weighted by Gasteiger charge is 2.37. The number of fused-ring (bicyclic) bond motifs is 1. The molecule has 0 spiro atoms. The molecule has 26 heavy (non-hydrogen) atoms. The van der Waals surface area contributed by atoms with E-state index in [2.05, 4.69) is 51.1 Å². The van der Waals surface area contributed by atoms with Crippen molar-refractivity contribution in [2.75, 3.05) is 19.0 Å². The van der Waals surface area contributed by atoms with Crippen LogP contribution in [0.2, 0.25) is 0 Å². The van der Waals surface area contributed by atoms with Crippen LogP contribution in [0.5, 0.6) is 5.75 Å². The summed E-state index contributed by atoms with van der Waals surface area (Å²) in [6.07, 6.45) is 0. The summed E-state index contributed by atoms with van der Waals surface area (Å²) in [7, 11) is 3.94. The van der Waals surface area contributed by atoms with Crippen molar-refractivity contribution in [3.8, 4) is 11.8 Å². The summed E-state index contributed by atoms with van der Waals surface area (Å²) in [6, 6.07) is 16.7. The molecule has 0 aliphatic carbocycles. The summed E-state index contributed by atoms with van der Waals surface area (Å²) >= 11 is 0. The van der Waals surface area contributed by atoms with Gasteiger partial charge in [-0.2, -0.15) is 5.26 Å². The SMILES string of the molecule is CN(C)c1ccc2c(c1)OC(=N)C(C#N)C2c1ccc(C(C)(C)C)cc1. The summed E-state index contributed by atoms with van der Waals surface area (Å²) in [5, 5.41) is 17.9. The third-order valence-corrected chi connectivity index (χ3v) is 4.96. The zero-order valence-electron chi connectivity index (χ0n) is 16.0. The minimum absolute atomic E-state index is 0.0146. The van der Waals surface area contributed by atoms with Crippen LogP contribution in [0.3, 0.4) is 0 Å². The molecule has 0 aromatic heterocycles. The third kappa shape index (κ3) is 3.17. The molecule has 0 saturated heterocycles. The van der Waals surface area contributed by atoms with Crippen LogP contribution in [0.4, 0.5) is 5.69 Å². The van der Waals surface area contributed by atoms with Crippen molar-refractivity contribution in [1.29, 1.82) is 10.7 Å². The van der Waals surface area contributed by atoms with E-state index in [0.717, 1.165) is 16.8 Å². The molecule has 0 amide bonds. The fourth-order valence-electron chi connectivity index (χ4n) is 3.36. The maximum absolute atomic E-state index is 9.67. The van der Waals surface area contributed by atoms with Gasteiger partial charge < -0.3 is 9.64 Å². The first-order valence-electron chi connectivity index (χ1n) is 8.80. The van der Waals surface area contributed by atoms with E-state index in [1.165, 1.54) is 5.56 Å². The van der Waals surface area contributed by atoms with Gasteiger partial charge in [0.25, 0.3) is 0 Å². The van der Waals surface area contributed by atoms with Gasteiger partial charge in [-0.1, -0.05) is 51.1 Å². The van der Waals surface area contributed by atoms with E-state index < -0.39 is 5.92 Å². The lowest BCUT2D eigenvalue weighted by atomic mass is 9.78. The Balaban J connectivity index is 2.10. The smallest absolute Gasteiger partial charge is 0.205 e. The van der Waals surface area contributed by atoms with Crippen molar-refractivity contribution < 1.29 is 4.74 Å². The highest BCUT2D eigenvalue weighted by atomic mass is 16.5. The van der Waals surface area contributed by atoms with Crippen molar-refractivity contribution in [3.05, 3.63) is 59.2 Å². The molecule has 2 atom stereocenters. The minimum Gasteiger partial charge on any atom is -0.442 e. The normalized spacial score (nSPS) is 19.3. The minimum atomic E-state index is -0.617. The van der Waals surface area contributed by atoms with E-state index >= 15 is 0 Å². The van der Waals surface area contributed by atoms with E-state index in [0.29, 0.717) is 5.75 Å². The van der Waals surface area contributed by atoms with Crippen LogP contribution in [-0.4, -0.2) is 20.0 Å². The number of hydrogen-bond donors (Lipinski definition) is 1. The lowest BCUT2D eigenvalue weighted by Gasteiger charge is -2.31. The molecular formula is C22H25N3O. The van der Waals surface area contributed by atoms with Crippen molar-refractivity contribution in [2.45, 2.75) is 32.1 Å². The van der Waals surface area contributed by atoms with Gasteiger partial charge in [-0.15, -0.1) is 0 Å². The summed E-state index contributed by atoms with van der Waals surface area (Å²) < 4.78 is 5.69. The second kappa shape index (κ2) is 6.49. The topological polar surface area (TPSA) is 60.1 Å². The lowest BCUT2D eigenvalue weighted by molar-refractivity contribution is 0.450. The molecule has 1 N–H and O–H groups in total. The Hall–Kier alpha value is -2.80. The molecule has 1 aliphatic rings. The van der Waals surface area contributed by atoms with E-state index in [-0.39, 0.29) is 17.2 Å². The summed E-state index contributed by atoms with van der Waals surface area (Å²) in [5.41, 5.74) is 4.33. The monoisotopic (exact) mass is 347 g/mol. The van der Waals surface area contributed by atoms with E-state index in [9.17, 15) is 5.26 Å². The van der Waals surface area contributed by atoms with Gasteiger partial charge in [0.05, 0.1) is 6.07 Å². The standard InChI is InChI=1S/C22H25N3O/c1-22(2,3)15-8-6-14(7-9-15)20-17-11-10-16(25(4)5)12-19(17)26-21(24)18(20)13-23/h6-12,18,20,24H,1-5H3. The molecule has 2 unspecified atom stereocenters. The molecule has 0 bridgehead atoms. The number of nitriles is 1. The zero-order valence-corrected chi connectivity index (χ0v) is 16.0. The molecule has 0 saturated carbocycles. The van der Waals surface area contributed by atoms with Gasteiger partial charge in [0.1, 0.15) is 11.7 Å². The van der Waals surface area contributed by atoms with Crippen LogP contribution in [0.15, 0.2) is 42.5 Å². The third-order valence-electron chi connectivity index (χ3n) is 4.96. The Morgan fingerprint density at radius 3 is 2.27 bits per heavy atom. The van der Waals surface area contributed by atoms with E-state index in [4.69, 9.17) is 10.1 Å². The van der Waals surface area contributed by atoms with Crippen LogP contribution >= 0.6 is 0 Å². The fraction of sp³-hybridized carbons (Fsp3) is 0.364. The van der Waals surface area contributed by atoms with Crippen molar-refractivity contribution >= 4 is 11.6 Å².